The van der Waals surface area contributed by atoms with E-state index in [-0.39, 0.29) is 24.4 Å². The number of carbonyl (C=O) groups excluding carboxylic acids is 4. The van der Waals surface area contributed by atoms with Crippen LogP contribution in [0.4, 0.5) is 4.39 Å². The number of carbonyl (C=O) groups is 4. The van der Waals surface area contributed by atoms with Gasteiger partial charge < -0.3 is 14.4 Å². The number of halogens is 1. The molecule has 0 saturated carbocycles. The van der Waals surface area contributed by atoms with Crippen LogP contribution >= 0.6 is 0 Å². The fraction of sp³-hybridized carbons (Fsp3) is 0.185. The zero-order chi connectivity index (χ0) is 25.8. The third-order valence-electron chi connectivity index (χ3n) is 5.77. The lowest BCUT2D eigenvalue weighted by Gasteiger charge is -2.18. The van der Waals surface area contributed by atoms with E-state index >= 15 is 0 Å². The number of ether oxygens (including phenoxy) is 2. The van der Waals surface area contributed by atoms with Crippen molar-refractivity contribution in [1.29, 1.82) is 0 Å². The Bertz CT molecular complexity index is 1320. The summed E-state index contributed by atoms with van der Waals surface area (Å²) in [6.07, 6.45) is 0. The Morgan fingerprint density at radius 3 is 2.25 bits per heavy atom. The summed E-state index contributed by atoms with van der Waals surface area (Å²) in [5, 5.41) is 0. The van der Waals surface area contributed by atoms with E-state index in [0.29, 0.717) is 22.3 Å². The average Bonchev–Trinajstić information content (AvgIpc) is 3.12. The topological polar surface area (TPSA) is 93.2 Å². The Morgan fingerprint density at radius 1 is 0.917 bits per heavy atom. The van der Waals surface area contributed by atoms with Crippen molar-refractivity contribution in [2.45, 2.75) is 13.1 Å². The van der Waals surface area contributed by atoms with Crippen LogP contribution in [-0.2, 0) is 22.6 Å². The molecule has 0 N–H and O–H groups in total. The molecule has 0 spiro atoms. The van der Waals surface area contributed by atoms with Crippen LogP contribution in [0.3, 0.4) is 0 Å². The predicted molar refractivity (Wildman–Crippen MR) is 127 cm³/mol. The summed E-state index contributed by atoms with van der Waals surface area (Å²) < 4.78 is 23.9. The molecule has 3 amide bonds. The summed E-state index contributed by atoms with van der Waals surface area (Å²) in [6.45, 7) is -0.392. The van der Waals surface area contributed by atoms with Crippen molar-refractivity contribution in [3.63, 3.8) is 0 Å². The lowest BCUT2D eigenvalue weighted by atomic mass is 10.1. The second-order valence-corrected chi connectivity index (χ2v) is 8.24. The summed E-state index contributed by atoms with van der Waals surface area (Å²) >= 11 is 0. The molecular weight excluding hydrogens is 467 g/mol. The third-order valence-corrected chi connectivity index (χ3v) is 5.77. The number of hydrogen-bond acceptors (Lipinski definition) is 6. The van der Waals surface area contributed by atoms with E-state index in [1.165, 1.54) is 43.3 Å². The number of fused-ring (bicyclic) bond motifs is 1. The molecule has 0 aliphatic carbocycles. The minimum Gasteiger partial charge on any atom is -0.494 e. The van der Waals surface area contributed by atoms with Crippen molar-refractivity contribution in [2.24, 2.45) is 0 Å². The standard InChI is InChI=1S/C27H23FN2O6/c1-29(14-18-10-11-23(35-2)22(28)13-18)24(31)16-36-27(34)19-7-5-6-17(12-19)15-30-25(32)20-8-3-4-9-21(20)26(30)33/h3-13H,14-16H2,1-2H3. The van der Waals surface area contributed by atoms with Gasteiger partial charge in [-0.3, -0.25) is 19.3 Å². The molecule has 1 heterocycles. The molecule has 0 unspecified atom stereocenters. The quantitative estimate of drug-likeness (QED) is 0.355. The number of imide groups is 1. The highest BCUT2D eigenvalue weighted by molar-refractivity contribution is 6.21. The Morgan fingerprint density at radius 2 is 1.61 bits per heavy atom. The molecule has 3 aromatic carbocycles. The fourth-order valence-electron chi connectivity index (χ4n) is 3.85. The molecular formula is C27H23FN2O6. The molecule has 1 aliphatic rings. The van der Waals surface area contributed by atoms with Crippen LogP contribution in [0.2, 0.25) is 0 Å². The lowest BCUT2D eigenvalue weighted by molar-refractivity contribution is -0.133. The van der Waals surface area contributed by atoms with Crippen molar-refractivity contribution in [3.8, 4) is 5.75 Å². The minimum atomic E-state index is -0.726. The average molecular weight is 490 g/mol. The van der Waals surface area contributed by atoms with Crippen molar-refractivity contribution < 1.29 is 33.0 Å². The van der Waals surface area contributed by atoms with Gasteiger partial charge in [0.05, 0.1) is 30.3 Å². The number of amides is 3. The van der Waals surface area contributed by atoms with Gasteiger partial charge >= 0.3 is 5.97 Å². The summed E-state index contributed by atoms with van der Waals surface area (Å²) in [5.74, 6) is -2.42. The molecule has 3 aromatic rings. The van der Waals surface area contributed by atoms with Crippen molar-refractivity contribution in [2.75, 3.05) is 20.8 Å². The van der Waals surface area contributed by atoms with Gasteiger partial charge in [-0.2, -0.15) is 0 Å². The van der Waals surface area contributed by atoms with Crippen molar-refractivity contribution >= 4 is 23.7 Å². The highest BCUT2D eigenvalue weighted by atomic mass is 19.1. The fourth-order valence-corrected chi connectivity index (χ4v) is 3.85. The smallest absolute Gasteiger partial charge is 0.338 e. The number of methoxy groups -OCH3 is 1. The third kappa shape index (κ3) is 5.10. The molecule has 1 aliphatic heterocycles. The van der Waals surface area contributed by atoms with Crippen LogP contribution in [0.15, 0.2) is 66.7 Å². The van der Waals surface area contributed by atoms with Crippen molar-refractivity contribution in [1.82, 2.24) is 9.80 Å². The summed E-state index contributed by atoms with van der Waals surface area (Å²) in [7, 11) is 2.88. The minimum absolute atomic E-state index is 0.00639. The molecule has 4 rings (SSSR count). The summed E-state index contributed by atoms with van der Waals surface area (Å²) in [6, 6.07) is 17.3. The first-order chi connectivity index (χ1) is 17.3. The second kappa shape index (κ2) is 10.4. The van der Waals surface area contributed by atoms with Gasteiger partial charge in [0.15, 0.2) is 18.2 Å². The van der Waals surface area contributed by atoms with Crippen LogP contribution < -0.4 is 4.74 Å². The molecule has 0 radical (unpaired) electrons. The molecule has 184 valence electrons. The second-order valence-electron chi connectivity index (χ2n) is 8.24. The largest absolute Gasteiger partial charge is 0.494 e. The van der Waals surface area contributed by atoms with Gasteiger partial charge in [-0.05, 0) is 47.5 Å². The maximum atomic E-state index is 13.9. The van der Waals surface area contributed by atoms with Gasteiger partial charge in [-0.25, -0.2) is 9.18 Å². The molecule has 9 heteroatoms. The molecule has 36 heavy (non-hydrogen) atoms. The van der Waals surface area contributed by atoms with Crippen LogP contribution in [0, 0.1) is 5.82 Å². The highest BCUT2D eigenvalue weighted by Crippen LogP contribution is 2.24. The van der Waals surface area contributed by atoms with Gasteiger partial charge in [-0.1, -0.05) is 30.3 Å². The highest BCUT2D eigenvalue weighted by Gasteiger charge is 2.35. The molecule has 0 saturated heterocycles. The van der Waals surface area contributed by atoms with E-state index in [1.54, 1.807) is 42.5 Å². The SMILES string of the molecule is COc1ccc(CN(C)C(=O)COC(=O)c2cccc(CN3C(=O)c4ccccc4C3=O)c2)cc1F. The van der Waals surface area contributed by atoms with E-state index in [0.717, 1.165) is 4.90 Å². The first-order valence-corrected chi connectivity index (χ1v) is 11.1. The van der Waals surface area contributed by atoms with Crippen molar-refractivity contribution in [3.05, 3.63) is 100 Å². The van der Waals surface area contributed by atoms with E-state index in [2.05, 4.69) is 0 Å². The molecule has 0 fully saturated rings. The maximum absolute atomic E-state index is 13.9. The maximum Gasteiger partial charge on any atom is 0.338 e. The Labute approximate surface area is 206 Å². The first kappa shape index (κ1) is 24.6. The first-order valence-electron chi connectivity index (χ1n) is 11.1. The Hall–Kier alpha value is -4.53. The van der Waals surface area contributed by atoms with E-state index < -0.39 is 36.1 Å². The predicted octanol–water partition coefficient (Wildman–Crippen LogP) is 3.45. The van der Waals surface area contributed by atoms with E-state index in [9.17, 15) is 23.6 Å². The van der Waals surface area contributed by atoms with Gasteiger partial charge in [0.25, 0.3) is 17.7 Å². The van der Waals surface area contributed by atoms with Crippen LogP contribution in [0.5, 0.6) is 5.75 Å². The van der Waals surface area contributed by atoms with E-state index in [4.69, 9.17) is 9.47 Å². The number of benzene rings is 3. The number of nitrogens with zero attached hydrogens (tertiary/aromatic N) is 2. The summed E-state index contributed by atoms with van der Waals surface area (Å²) in [4.78, 5) is 52.6. The van der Waals surface area contributed by atoms with Crippen LogP contribution in [-0.4, -0.2) is 54.3 Å². The Balaban J connectivity index is 1.34. The number of esters is 1. The van der Waals surface area contributed by atoms with Crippen LogP contribution in [0.25, 0.3) is 0 Å². The number of rotatable bonds is 8. The molecule has 0 aromatic heterocycles. The molecule has 0 bridgehead atoms. The number of likely N-dealkylation sites (N-methyl/N-ethyl adjacent to an activating group) is 1. The van der Waals surface area contributed by atoms with Gasteiger partial charge in [0.1, 0.15) is 0 Å². The summed E-state index contributed by atoms with van der Waals surface area (Å²) in [5.41, 5.74) is 1.98. The van der Waals surface area contributed by atoms with Crippen LogP contribution in [0.1, 0.15) is 42.2 Å². The van der Waals surface area contributed by atoms with Gasteiger partial charge in [0.2, 0.25) is 0 Å². The normalized spacial score (nSPS) is 12.4. The van der Waals surface area contributed by atoms with E-state index in [1.807, 2.05) is 0 Å². The number of hydrogen-bond donors (Lipinski definition) is 0. The monoisotopic (exact) mass is 490 g/mol. The molecule has 8 nitrogen and oxygen atoms in total. The van der Waals surface area contributed by atoms with Gasteiger partial charge in [0, 0.05) is 13.6 Å². The lowest BCUT2D eigenvalue weighted by Crippen LogP contribution is -2.31. The zero-order valence-electron chi connectivity index (χ0n) is 19.7. The zero-order valence-corrected chi connectivity index (χ0v) is 19.7. The molecule has 0 atom stereocenters. The van der Waals surface area contributed by atoms with Gasteiger partial charge in [-0.15, -0.1) is 0 Å². The Kier molecular flexibility index (Phi) is 7.10.